The first-order valence-corrected chi connectivity index (χ1v) is 3.63. The Morgan fingerprint density at radius 3 is 2.00 bits per heavy atom. The Balaban J connectivity index is 2.86. The van der Waals surface area contributed by atoms with Crippen LogP contribution in [0.2, 0.25) is 0 Å². The van der Waals surface area contributed by atoms with E-state index in [1.807, 2.05) is 0 Å². The molecule has 0 bridgehead atoms. The van der Waals surface area contributed by atoms with Gasteiger partial charge in [0, 0.05) is 0 Å². The Morgan fingerprint density at radius 1 is 1.08 bits per heavy atom. The van der Waals surface area contributed by atoms with Gasteiger partial charge < -0.3 is 0 Å². The zero-order valence-electron chi connectivity index (χ0n) is 6.60. The zero-order valence-corrected chi connectivity index (χ0v) is 6.60. The van der Waals surface area contributed by atoms with E-state index in [0.717, 1.165) is 6.92 Å². The van der Waals surface area contributed by atoms with Crippen LogP contribution < -0.4 is 0 Å². The minimum atomic E-state index is -4.14. The second kappa shape index (κ2) is 3.17. The van der Waals surface area contributed by atoms with Crippen LogP contribution in [0, 0.1) is 0 Å². The first-order valence-electron chi connectivity index (χ1n) is 3.63. The molecule has 0 amide bonds. The van der Waals surface area contributed by atoms with E-state index in [9.17, 15) is 13.2 Å². The number of rotatable bonds is 1. The van der Waals surface area contributed by atoms with E-state index in [1.165, 1.54) is 12.1 Å². The van der Waals surface area contributed by atoms with Crippen LogP contribution in [0.1, 0.15) is 18.4 Å². The minimum absolute atomic E-state index is 0.310. The second-order valence-corrected chi connectivity index (χ2v) is 2.67. The fourth-order valence-electron chi connectivity index (χ4n) is 0.931. The van der Waals surface area contributed by atoms with E-state index in [2.05, 4.69) is 0 Å². The van der Waals surface area contributed by atoms with Crippen molar-refractivity contribution in [3.8, 4) is 0 Å². The first-order chi connectivity index (χ1) is 5.52. The van der Waals surface area contributed by atoms with Crippen molar-refractivity contribution in [1.82, 2.24) is 0 Å². The van der Waals surface area contributed by atoms with Crippen molar-refractivity contribution in [2.24, 2.45) is 0 Å². The molecule has 3 heteroatoms. The van der Waals surface area contributed by atoms with Crippen molar-refractivity contribution in [3.63, 3.8) is 0 Å². The summed E-state index contributed by atoms with van der Waals surface area (Å²) >= 11 is 0. The highest BCUT2D eigenvalue weighted by atomic mass is 19.4. The van der Waals surface area contributed by atoms with Gasteiger partial charge in [-0.1, -0.05) is 30.3 Å². The van der Waals surface area contributed by atoms with Crippen molar-refractivity contribution in [2.45, 2.75) is 19.0 Å². The summed E-state index contributed by atoms with van der Waals surface area (Å²) in [7, 11) is 0. The molecule has 0 radical (unpaired) electrons. The predicted molar refractivity (Wildman–Crippen MR) is 40.9 cm³/mol. The summed E-state index contributed by atoms with van der Waals surface area (Å²) in [6.45, 7) is 1.16. The monoisotopic (exact) mass is 174 g/mol. The molecule has 0 aromatic heterocycles. The lowest BCUT2D eigenvalue weighted by atomic mass is 10.0. The molecule has 1 aromatic rings. The van der Waals surface area contributed by atoms with Crippen LogP contribution in [0.5, 0.6) is 0 Å². The summed E-state index contributed by atoms with van der Waals surface area (Å²) in [5.41, 5.74) is 0.310. The van der Waals surface area contributed by atoms with Gasteiger partial charge in [0.1, 0.15) is 0 Å². The van der Waals surface area contributed by atoms with Crippen LogP contribution in [0.15, 0.2) is 30.3 Å². The molecular weight excluding hydrogens is 165 g/mol. The van der Waals surface area contributed by atoms with Gasteiger partial charge in [0.15, 0.2) is 0 Å². The van der Waals surface area contributed by atoms with Crippen LogP contribution in [0.25, 0.3) is 0 Å². The SMILES string of the molecule is C[C@@H](c1ccccc1)C(F)(F)F. The lowest BCUT2D eigenvalue weighted by Gasteiger charge is -2.15. The molecule has 0 aliphatic rings. The van der Waals surface area contributed by atoms with Crippen molar-refractivity contribution >= 4 is 0 Å². The Bertz CT molecular complexity index is 238. The summed E-state index contributed by atoms with van der Waals surface area (Å²) in [4.78, 5) is 0. The molecule has 66 valence electrons. The smallest absolute Gasteiger partial charge is 0.170 e. The molecule has 0 aliphatic carbocycles. The van der Waals surface area contributed by atoms with E-state index in [0.29, 0.717) is 5.56 Å². The lowest BCUT2D eigenvalue weighted by molar-refractivity contribution is -0.146. The summed E-state index contributed by atoms with van der Waals surface area (Å²) in [6.07, 6.45) is -4.14. The van der Waals surface area contributed by atoms with Crippen LogP contribution in [0.4, 0.5) is 13.2 Å². The molecular formula is C9H9F3. The van der Waals surface area contributed by atoms with Crippen LogP contribution in [-0.2, 0) is 0 Å². The zero-order chi connectivity index (χ0) is 9.19. The predicted octanol–water partition coefficient (Wildman–Crippen LogP) is 3.35. The third-order valence-corrected chi connectivity index (χ3v) is 1.79. The van der Waals surface area contributed by atoms with Gasteiger partial charge in [-0.05, 0) is 12.5 Å². The van der Waals surface area contributed by atoms with Gasteiger partial charge in [-0.3, -0.25) is 0 Å². The Labute approximate surface area is 69.0 Å². The highest BCUT2D eigenvalue weighted by molar-refractivity contribution is 5.19. The number of halogens is 3. The molecule has 1 atom stereocenters. The molecule has 1 aromatic carbocycles. The summed E-state index contributed by atoms with van der Waals surface area (Å²) in [5.74, 6) is -1.38. The van der Waals surface area contributed by atoms with Crippen LogP contribution in [0.3, 0.4) is 0 Å². The molecule has 0 nitrogen and oxygen atoms in total. The highest BCUT2D eigenvalue weighted by Crippen LogP contribution is 2.33. The van der Waals surface area contributed by atoms with Crippen LogP contribution in [-0.4, -0.2) is 6.18 Å². The van der Waals surface area contributed by atoms with Gasteiger partial charge in [0.25, 0.3) is 0 Å². The maximum atomic E-state index is 12.1. The normalized spacial score (nSPS) is 14.3. The second-order valence-electron chi connectivity index (χ2n) is 2.67. The quantitative estimate of drug-likeness (QED) is 0.612. The molecule has 12 heavy (non-hydrogen) atoms. The number of alkyl halides is 3. The number of hydrogen-bond acceptors (Lipinski definition) is 0. The Morgan fingerprint density at radius 2 is 1.58 bits per heavy atom. The first kappa shape index (κ1) is 9.10. The van der Waals surface area contributed by atoms with Gasteiger partial charge >= 0.3 is 6.18 Å². The molecule has 0 unspecified atom stereocenters. The third kappa shape index (κ3) is 2.00. The third-order valence-electron chi connectivity index (χ3n) is 1.79. The summed E-state index contributed by atoms with van der Waals surface area (Å²) < 4.78 is 36.4. The fraction of sp³-hybridized carbons (Fsp3) is 0.333. The van der Waals surface area contributed by atoms with Crippen molar-refractivity contribution < 1.29 is 13.2 Å². The Hall–Kier alpha value is -0.990. The maximum Gasteiger partial charge on any atom is 0.395 e. The van der Waals surface area contributed by atoms with E-state index in [4.69, 9.17) is 0 Å². The molecule has 0 saturated heterocycles. The topological polar surface area (TPSA) is 0 Å². The highest BCUT2D eigenvalue weighted by Gasteiger charge is 2.36. The molecule has 0 fully saturated rings. The summed E-state index contributed by atoms with van der Waals surface area (Å²) in [5, 5.41) is 0. The molecule has 0 N–H and O–H groups in total. The lowest BCUT2D eigenvalue weighted by Crippen LogP contribution is -2.17. The fourth-order valence-corrected chi connectivity index (χ4v) is 0.931. The van der Waals surface area contributed by atoms with Gasteiger partial charge in [-0.15, -0.1) is 0 Å². The minimum Gasteiger partial charge on any atom is -0.170 e. The van der Waals surface area contributed by atoms with Gasteiger partial charge in [-0.2, -0.15) is 13.2 Å². The van der Waals surface area contributed by atoms with E-state index in [1.54, 1.807) is 18.2 Å². The Kier molecular flexibility index (Phi) is 2.40. The van der Waals surface area contributed by atoms with Crippen molar-refractivity contribution in [2.75, 3.05) is 0 Å². The molecule has 0 aliphatic heterocycles. The maximum absolute atomic E-state index is 12.1. The number of benzene rings is 1. The van der Waals surface area contributed by atoms with Crippen molar-refractivity contribution in [1.29, 1.82) is 0 Å². The average Bonchev–Trinajstić information content (AvgIpc) is 2.03. The molecule has 1 rings (SSSR count). The number of hydrogen-bond donors (Lipinski definition) is 0. The molecule has 0 saturated carbocycles. The standard InChI is InChI=1S/C9H9F3/c1-7(9(10,11)12)8-5-3-2-4-6-8/h2-7H,1H3/t7-/m0/s1. The summed E-state index contributed by atoms with van der Waals surface area (Å²) in [6, 6.07) is 7.89. The van der Waals surface area contributed by atoms with E-state index >= 15 is 0 Å². The average molecular weight is 174 g/mol. The largest absolute Gasteiger partial charge is 0.395 e. The van der Waals surface area contributed by atoms with Crippen molar-refractivity contribution in [3.05, 3.63) is 35.9 Å². The molecule has 0 spiro atoms. The van der Waals surface area contributed by atoms with Crippen LogP contribution >= 0.6 is 0 Å². The van der Waals surface area contributed by atoms with E-state index in [-0.39, 0.29) is 0 Å². The van der Waals surface area contributed by atoms with Gasteiger partial charge in [-0.25, -0.2) is 0 Å². The van der Waals surface area contributed by atoms with Gasteiger partial charge in [0.05, 0.1) is 5.92 Å². The molecule has 0 heterocycles. The van der Waals surface area contributed by atoms with Gasteiger partial charge in [0.2, 0.25) is 0 Å². The van der Waals surface area contributed by atoms with E-state index < -0.39 is 12.1 Å².